The summed E-state index contributed by atoms with van der Waals surface area (Å²) in [5.41, 5.74) is 10.8. The number of nitrogens with two attached hydrogens (primary N) is 2. The van der Waals surface area contributed by atoms with Crippen LogP contribution in [-0.2, 0) is 0 Å². The Balaban J connectivity index is -0.000000238. The Hall–Kier alpha value is 0.452. The molecule has 4 N–H and O–H groups in total. The van der Waals surface area contributed by atoms with Crippen molar-refractivity contribution in [3.8, 4) is 0 Å². The molecule has 0 unspecified atom stereocenters. The molecule has 0 spiro atoms. The van der Waals surface area contributed by atoms with Crippen molar-refractivity contribution in [2.75, 3.05) is 0 Å². The van der Waals surface area contributed by atoms with E-state index in [0.717, 1.165) is 27.1 Å². The van der Waals surface area contributed by atoms with Gasteiger partial charge in [0.15, 0.2) is 0 Å². The first-order chi connectivity index (χ1) is 7.38. The summed E-state index contributed by atoms with van der Waals surface area (Å²) in [6, 6.07) is 0. The molecule has 0 aliphatic rings. The fourth-order valence-corrected chi connectivity index (χ4v) is 2.29. The van der Waals surface area contributed by atoms with Crippen LogP contribution in [0.4, 0.5) is 0 Å². The molecule has 0 aromatic rings. The van der Waals surface area contributed by atoms with Gasteiger partial charge in [0.05, 0.1) is 0 Å². The van der Waals surface area contributed by atoms with Gasteiger partial charge in [0.2, 0.25) is 0 Å². The third-order valence-corrected chi connectivity index (χ3v) is 5.49. The molecule has 0 saturated heterocycles. The smallest absolute Gasteiger partial charge is 1.00 e. The summed E-state index contributed by atoms with van der Waals surface area (Å²) in [7, 11) is 0. The molecule has 0 amide bonds. The van der Waals surface area contributed by atoms with Crippen LogP contribution in [0.15, 0.2) is 0 Å². The molecule has 0 aliphatic carbocycles. The summed E-state index contributed by atoms with van der Waals surface area (Å²) in [4.78, 5) is 0. The second-order valence-corrected chi connectivity index (χ2v) is 8.51. The molecule has 3 heteroatoms. The van der Waals surface area contributed by atoms with Gasteiger partial charge in [0.1, 0.15) is 0 Å². The van der Waals surface area contributed by atoms with E-state index in [1.165, 1.54) is 10.6 Å². The van der Waals surface area contributed by atoms with E-state index >= 15 is 0 Å². The quantitative estimate of drug-likeness (QED) is 0.742. The summed E-state index contributed by atoms with van der Waals surface area (Å²) in [6.07, 6.45) is 0. The number of rotatable bonds is 5. The Kier molecular flexibility index (Phi) is 9.93. The van der Waals surface area contributed by atoms with Crippen molar-refractivity contribution in [1.29, 1.82) is 0 Å². The van der Waals surface area contributed by atoms with Gasteiger partial charge in [0.25, 0.3) is 0 Å². The van der Waals surface area contributed by atoms with Gasteiger partial charge in [0, 0.05) is 11.1 Å². The summed E-state index contributed by atoms with van der Waals surface area (Å²) in [5, 5.41) is 2.97. The molecule has 2 nitrogen and oxygen atoms in total. The monoisotopic (exact) mass is 258 g/mol. The topological polar surface area (TPSA) is 52.0 Å². The Morgan fingerprint density at radius 1 is 0.824 bits per heavy atom. The van der Waals surface area contributed by atoms with Gasteiger partial charge < -0.3 is 12.9 Å². The Labute approximate surface area is 117 Å². The third-order valence-electron chi connectivity index (χ3n) is 2.94. The van der Waals surface area contributed by atoms with Crippen LogP contribution >= 0.6 is 0 Å². The zero-order valence-electron chi connectivity index (χ0n) is 14.3. The Morgan fingerprint density at radius 2 is 1.06 bits per heavy atom. The van der Waals surface area contributed by atoms with Crippen molar-refractivity contribution < 1.29 is 1.43 Å². The standard InChI is InChI=1S/C6H16N2.2C4H9.Al.H/c1-5(2,7)6(3,4)8;2*1-4(2)3;;/h7-8H2,1-4H3;2*4H,1H2,2-3H3;;/q;;;+1;-1. The van der Waals surface area contributed by atoms with E-state index in [9.17, 15) is 0 Å². The van der Waals surface area contributed by atoms with E-state index in [2.05, 4.69) is 27.7 Å². The molecule has 0 heterocycles. The molecule has 17 heavy (non-hydrogen) atoms. The van der Waals surface area contributed by atoms with Crippen molar-refractivity contribution in [3.63, 3.8) is 0 Å². The van der Waals surface area contributed by atoms with E-state index in [0.29, 0.717) is 0 Å². The predicted molar refractivity (Wildman–Crippen MR) is 82.7 cm³/mol. The fourth-order valence-electron chi connectivity index (χ4n) is 0.763. The second kappa shape index (κ2) is 8.54. The molecule has 0 radical (unpaired) electrons. The van der Waals surface area contributed by atoms with Crippen LogP contribution < -0.4 is 11.5 Å². The second-order valence-electron chi connectivity index (χ2n) is 6.99. The van der Waals surface area contributed by atoms with Crippen LogP contribution in [0.3, 0.4) is 0 Å². The van der Waals surface area contributed by atoms with Crippen LogP contribution in [0.2, 0.25) is 10.6 Å². The minimum atomic E-state index is -0.285. The zero-order valence-corrected chi connectivity index (χ0v) is 14.5. The van der Waals surface area contributed by atoms with Crippen molar-refractivity contribution in [1.82, 2.24) is 0 Å². The molecule has 0 saturated carbocycles. The number of hydrogen-bond acceptors (Lipinski definition) is 2. The van der Waals surface area contributed by atoms with Crippen LogP contribution in [0, 0.1) is 11.8 Å². The van der Waals surface area contributed by atoms with Crippen LogP contribution in [-0.4, -0.2) is 26.3 Å². The van der Waals surface area contributed by atoms with E-state index in [1.807, 2.05) is 27.7 Å². The molecular weight excluding hydrogens is 223 g/mol. The number of hydrogen-bond donors (Lipinski definition) is 2. The van der Waals surface area contributed by atoms with Crippen molar-refractivity contribution in [2.45, 2.75) is 77.0 Å². The molecule has 0 aliphatic heterocycles. The molecule has 0 aromatic carbocycles. The van der Waals surface area contributed by atoms with Crippen molar-refractivity contribution in [2.24, 2.45) is 23.3 Å². The van der Waals surface area contributed by atoms with E-state index in [-0.39, 0.29) is 12.5 Å². The van der Waals surface area contributed by atoms with E-state index in [1.54, 1.807) is 0 Å². The molecule has 0 atom stereocenters. The maximum Gasteiger partial charge on any atom is -1.00 e. The minimum absolute atomic E-state index is 0. The molecule has 104 valence electrons. The van der Waals surface area contributed by atoms with E-state index < -0.39 is 0 Å². The molecule has 0 aromatic heterocycles. The molecular formula is C14H35AlN2. The van der Waals surface area contributed by atoms with Crippen LogP contribution in [0.1, 0.15) is 56.8 Å². The van der Waals surface area contributed by atoms with Gasteiger partial charge in [-0.3, -0.25) is 0 Å². The van der Waals surface area contributed by atoms with Crippen LogP contribution in [0.25, 0.3) is 0 Å². The summed E-state index contributed by atoms with van der Waals surface area (Å²) in [6.45, 7) is 16.9. The normalized spacial score (nSPS) is 12.2. The SMILES string of the molecule is CC(C)(N)C(C)(C)N.CC(C)[CH2][Al+][CH2]C(C)C.[H-]. The average molecular weight is 258 g/mol. The third kappa shape index (κ3) is 14.4. The summed E-state index contributed by atoms with van der Waals surface area (Å²) >= 11 is 0.755. The van der Waals surface area contributed by atoms with Gasteiger partial charge in [-0.05, 0) is 27.7 Å². The van der Waals surface area contributed by atoms with Crippen molar-refractivity contribution >= 4 is 15.2 Å². The largest absolute Gasteiger partial charge is 1.00 e. The maximum atomic E-state index is 5.69. The first-order valence-electron chi connectivity index (χ1n) is 6.77. The van der Waals surface area contributed by atoms with E-state index in [4.69, 9.17) is 11.5 Å². The average Bonchev–Trinajstić information content (AvgIpc) is 1.99. The summed E-state index contributed by atoms with van der Waals surface area (Å²) < 4.78 is 0. The van der Waals surface area contributed by atoms with Gasteiger partial charge >= 0.3 is 65.3 Å². The Morgan fingerprint density at radius 3 is 1.18 bits per heavy atom. The van der Waals surface area contributed by atoms with Crippen molar-refractivity contribution in [3.05, 3.63) is 0 Å². The first-order valence-corrected chi connectivity index (χ1v) is 8.40. The zero-order chi connectivity index (χ0) is 14.3. The van der Waals surface area contributed by atoms with Gasteiger partial charge in [-0.15, -0.1) is 0 Å². The summed E-state index contributed by atoms with van der Waals surface area (Å²) in [5.74, 6) is 1.86. The fraction of sp³-hybridized carbons (Fsp3) is 1.00. The molecule has 0 fully saturated rings. The van der Waals surface area contributed by atoms with Crippen LogP contribution in [0.5, 0.6) is 0 Å². The van der Waals surface area contributed by atoms with Gasteiger partial charge in [-0.2, -0.15) is 0 Å². The maximum absolute atomic E-state index is 5.69. The first kappa shape index (κ1) is 19.8. The van der Waals surface area contributed by atoms with Gasteiger partial charge in [-0.1, -0.05) is 0 Å². The molecule has 0 rings (SSSR count). The van der Waals surface area contributed by atoms with Gasteiger partial charge in [-0.25, -0.2) is 0 Å². The predicted octanol–water partition coefficient (Wildman–Crippen LogP) is 3.41. The molecule has 0 bridgehead atoms. The Bertz CT molecular complexity index is 161. The minimum Gasteiger partial charge on any atom is -1.00 e.